The summed E-state index contributed by atoms with van der Waals surface area (Å²) in [5.74, 6) is -0.883. The monoisotopic (exact) mass is 470 g/mol. The quantitative estimate of drug-likeness (QED) is 0.616. The number of aryl methyl sites for hydroxylation is 2. The molecule has 0 radical (unpaired) electrons. The number of aromatic nitrogens is 2. The Balaban J connectivity index is 1.57. The number of alkyl halides is 3. The van der Waals surface area contributed by atoms with Crippen molar-refractivity contribution in [2.75, 3.05) is 18.0 Å². The van der Waals surface area contributed by atoms with Crippen LogP contribution in [0.3, 0.4) is 0 Å². The Morgan fingerprint density at radius 3 is 2.35 bits per heavy atom. The van der Waals surface area contributed by atoms with E-state index < -0.39 is 22.0 Å². The SMILES string of the molecule is Cc1sc2nc(C(F)(F)F)nc(N3CCC(NS(=O)(=O)c4ccccc4)CC3)c2c1C. The van der Waals surface area contributed by atoms with Gasteiger partial charge in [-0.25, -0.2) is 23.1 Å². The van der Waals surface area contributed by atoms with E-state index in [9.17, 15) is 21.6 Å². The Morgan fingerprint density at radius 2 is 1.74 bits per heavy atom. The average Bonchev–Trinajstić information content (AvgIpc) is 3.01. The number of fused-ring (bicyclic) bond motifs is 1. The first kappa shape index (κ1) is 22.0. The summed E-state index contributed by atoms with van der Waals surface area (Å²) in [6.45, 7) is 4.48. The highest BCUT2D eigenvalue weighted by atomic mass is 32.2. The van der Waals surface area contributed by atoms with E-state index in [4.69, 9.17) is 0 Å². The maximum absolute atomic E-state index is 13.4. The van der Waals surface area contributed by atoms with Gasteiger partial charge in [0.05, 0.1) is 10.3 Å². The number of hydrogen-bond donors (Lipinski definition) is 1. The predicted molar refractivity (Wildman–Crippen MR) is 114 cm³/mol. The van der Waals surface area contributed by atoms with Crippen molar-refractivity contribution >= 4 is 37.4 Å². The average molecular weight is 471 g/mol. The topological polar surface area (TPSA) is 75.2 Å². The molecular weight excluding hydrogens is 449 g/mol. The summed E-state index contributed by atoms with van der Waals surface area (Å²) in [4.78, 5) is 10.8. The van der Waals surface area contributed by atoms with Crippen molar-refractivity contribution in [3.8, 4) is 0 Å². The molecule has 31 heavy (non-hydrogen) atoms. The van der Waals surface area contributed by atoms with Crippen LogP contribution in [-0.2, 0) is 16.2 Å². The minimum Gasteiger partial charge on any atom is -0.356 e. The van der Waals surface area contributed by atoms with E-state index in [2.05, 4.69) is 14.7 Å². The van der Waals surface area contributed by atoms with Gasteiger partial charge in [-0.3, -0.25) is 0 Å². The van der Waals surface area contributed by atoms with Crippen molar-refractivity contribution in [3.63, 3.8) is 0 Å². The van der Waals surface area contributed by atoms with E-state index in [1.165, 1.54) is 23.5 Å². The van der Waals surface area contributed by atoms with Gasteiger partial charge in [-0.2, -0.15) is 13.2 Å². The Labute approximate surface area is 182 Å². The molecule has 2 aromatic heterocycles. The maximum atomic E-state index is 13.4. The third kappa shape index (κ3) is 4.39. The summed E-state index contributed by atoms with van der Waals surface area (Å²) in [5.41, 5.74) is 0.871. The van der Waals surface area contributed by atoms with Crippen LogP contribution in [0.1, 0.15) is 29.1 Å². The van der Waals surface area contributed by atoms with Gasteiger partial charge in [0.1, 0.15) is 10.6 Å². The highest BCUT2D eigenvalue weighted by Crippen LogP contribution is 2.38. The second-order valence-electron chi connectivity index (χ2n) is 7.53. The first-order valence-corrected chi connectivity index (χ1v) is 12.0. The molecule has 0 unspecified atom stereocenters. The van der Waals surface area contributed by atoms with Crippen LogP contribution in [-0.4, -0.2) is 37.5 Å². The number of sulfonamides is 1. The molecule has 166 valence electrons. The number of nitrogens with one attached hydrogen (secondary N) is 1. The number of thiophene rings is 1. The molecule has 0 atom stereocenters. The van der Waals surface area contributed by atoms with E-state index in [0.29, 0.717) is 36.1 Å². The van der Waals surface area contributed by atoms with Gasteiger partial charge < -0.3 is 4.90 Å². The molecule has 0 spiro atoms. The zero-order valence-electron chi connectivity index (χ0n) is 16.9. The van der Waals surface area contributed by atoms with Crippen molar-refractivity contribution < 1.29 is 21.6 Å². The van der Waals surface area contributed by atoms with Crippen LogP contribution < -0.4 is 9.62 Å². The number of benzene rings is 1. The molecule has 1 aromatic carbocycles. The zero-order chi connectivity index (χ0) is 22.4. The lowest BCUT2D eigenvalue weighted by molar-refractivity contribution is -0.144. The number of anilines is 1. The molecule has 0 aliphatic carbocycles. The van der Waals surface area contributed by atoms with E-state index in [0.717, 1.165) is 10.4 Å². The van der Waals surface area contributed by atoms with Gasteiger partial charge in [-0.15, -0.1) is 11.3 Å². The standard InChI is InChI=1S/C20H21F3N4O2S2/c1-12-13(2)30-18-16(12)17(24-19(25-18)20(21,22)23)27-10-8-14(9-11-27)26-31(28,29)15-6-4-3-5-7-15/h3-7,14,26H,8-11H2,1-2H3. The summed E-state index contributed by atoms with van der Waals surface area (Å²) in [6.07, 6.45) is -3.72. The minimum absolute atomic E-state index is 0.189. The number of rotatable bonds is 4. The van der Waals surface area contributed by atoms with Gasteiger partial charge in [-0.1, -0.05) is 18.2 Å². The van der Waals surface area contributed by atoms with Crippen molar-refractivity contribution in [3.05, 3.63) is 46.6 Å². The second-order valence-corrected chi connectivity index (χ2v) is 10.4. The molecule has 11 heteroatoms. The van der Waals surface area contributed by atoms with Crippen molar-refractivity contribution in [1.29, 1.82) is 0 Å². The maximum Gasteiger partial charge on any atom is 0.451 e. The van der Waals surface area contributed by atoms with Gasteiger partial charge in [0.2, 0.25) is 15.8 Å². The lowest BCUT2D eigenvalue weighted by atomic mass is 10.1. The fraction of sp³-hybridized carbons (Fsp3) is 0.400. The van der Waals surface area contributed by atoms with Crippen molar-refractivity contribution in [2.24, 2.45) is 0 Å². The molecule has 6 nitrogen and oxygen atoms in total. The predicted octanol–water partition coefficient (Wildman–Crippen LogP) is 4.27. The van der Waals surface area contributed by atoms with Crippen LogP contribution in [0.2, 0.25) is 0 Å². The van der Waals surface area contributed by atoms with E-state index in [1.54, 1.807) is 23.1 Å². The lowest BCUT2D eigenvalue weighted by Gasteiger charge is -2.33. The third-order valence-corrected chi connectivity index (χ3v) is 8.07. The highest BCUT2D eigenvalue weighted by Gasteiger charge is 2.37. The second kappa shape index (κ2) is 8.03. The van der Waals surface area contributed by atoms with E-state index in [-0.39, 0.29) is 16.8 Å². The Bertz CT molecular complexity index is 1200. The zero-order valence-corrected chi connectivity index (χ0v) is 18.5. The largest absolute Gasteiger partial charge is 0.451 e. The summed E-state index contributed by atoms with van der Waals surface area (Å²) in [7, 11) is -3.65. The Hall–Kier alpha value is -2.24. The number of halogens is 3. The molecule has 1 saturated heterocycles. The molecule has 3 heterocycles. The smallest absolute Gasteiger partial charge is 0.356 e. The first-order valence-electron chi connectivity index (χ1n) is 9.73. The molecule has 0 bridgehead atoms. The fourth-order valence-corrected chi connectivity index (χ4v) is 6.03. The molecule has 4 rings (SSSR count). The van der Waals surface area contributed by atoms with Crippen LogP contribution in [0.4, 0.5) is 19.0 Å². The molecule has 1 fully saturated rings. The number of hydrogen-bond acceptors (Lipinski definition) is 6. The fourth-order valence-electron chi connectivity index (χ4n) is 3.68. The molecule has 1 aliphatic rings. The lowest BCUT2D eigenvalue weighted by Crippen LogP contribution is -2.45. The molecule has 1 aliphatic heterocycles. The van der Waals surface area contributed by atoms with Crippen LogP contribution in [0.25, 0.3) is 10.2 Å². The molecule has 1 N–H and O–H groups in total. The van der Waals surface area contributed by atoms with E-state index in [1.807, 2.05) is 13.8 Å². The molecule has 3 aromatic rings. The van der Waals surface area contributed by atoms with Gasteiger partial charge in [0, 0.05) is 24.0 Å². The molecule has 0 saturated carbocycles. The van der Waals surface area contributed by atoms with Gasteiger partial charge in [0.25, 0.3) is 0 Å². The molecular formula is C20H21F3N4O2S2. The van der Waals surface area contributed by atoms with Gasteiger partial charge >= 0.3 is 6.18 Å². The number of nitrogens with zero attached hydrogens (tertiary/aromatic N) is 3. The molecule has 0 amide bonds. The van der Waals surface area contributed by atoms with Crippen LogP contribution in [0.5, 0.6) is 0 Å². The van der Waals surface area contributed by atoms with Crippen molar-refractivity contribution in [1.82, 2.24) is 14.7 Å². The summed E-state index contributed by atoms with van der Waals surface area (Å²) in [5, 5.41) is 0.638. The van der Waals surface area contributed by atoms with Gasteiger partial charge in [-0.05, 0) is 44.4 Å². The minimum atomic E-state index is -4.64. The van der Waals surface area contributed by atoms with Crippen LogP contribution >= 0.6 is 11.3 Å². The van der Waals surface area contributed by atoms with Crippen molar-refractivity contribution in [2.45, 2.75) is 43.8 Å². The third-order valence-electron chi connectivity index (χ3n) is 5.43. The normalized spacial score (nSPS) is 16.2. The van der Waals surface area contributed by atoms with E-state index >= 15 is 0 Å². The first-order chi connectivity index (χ1) is 14.6. The summed E-state index contributed by atoms with van der Waals surface area (Å²) in [6, 6.07) is 7.79. The Morgan fingerprint density at radius 1 is 1.10 bits per heavy atom. The van der Waals surface area contributed by atoms with Crippen LogP contribution in [0.15, 0.2) is 35.2 Å². The van der Waals surface area contributed by atoms with Crippen LogP contribution in [0, 0.1) is 13.8 Å². The number of piperidine rings is 1. The summed E-state index contributed by atoms with van der Waals surface area (Å²) >= 11 is 1.22. The van der Waals surface area contributed by atoms with Gasteiger partial charge in [0.15, 0.2) is 0 Å². The summed E-state index contributed by atoms with van der Waals surface area (Å²) < 4.78 is 67.9. The highest BCUT2D eigenvalue weighted by molar-refractivity contribution is 7.89. The Kier molecular flexibility index (Phi) is 5.69.